The van der Waals surface area contributed by atoms with Crippen molar-refractivity contribution in [2.45, 2.75) is 14.7 Å². The number of hydrogen-bond acceptors (Lipinski definition) is 5. The molecule has 0 radical (unpaired) electrons. The Hall–Kier alpha value is -2.62. The number of ether oxygens (including phenoxy) is 1. The molecule has 0 aromatic heterocycles. The highest BCUT2D eigenvalue weighted by atomic mass is 35.5. The third-order valence-corrected chi connectivity index (χ3v) is 8.06. The molecule has 0 saturated carbocycles. The van der Waals surface area contributed by atoms with Crippen molar-refractivity contribution >= 4 is 53.9 Å². The third-order valence-electron chi connectivity index (χ3n) is 4.66. The van der Waals surface area contributed by atoms with Crippen molar-refractivity contribution in [1.29, 1.82) is 0 Å². The molecule has 0 aliphatic heterocycles. The van der Waals surface area contributed by atoms with Crippen molar-refractivity contribution in [3.8, 4) is 11.5 Å². The second-order valence-corrected chi connectivity index (χ2v) is 10.9. The Morgan fingerprint density at radius 3 is 2.06 bits per heavy atom. The molecule has 4 rings (SSSR count). The molecule has 0 amide bonds. The third kappa shape index (κ3) is 4.32. The van der Waals surface area contributed by atoms with Gasteiger partial charge in [-0.2, -0.15) is 8.42 Å². The van der Waals surface area contributed by atoms with Crippen molar-refractivity contribution in [2.75, 3.05) is 0 Å². The van der Waals surface area contributed by atoms with Crippen LogP contribution >= 0.6 is 23.2 Å². The summed E-state index contributed by atoms with van der Waals surface area (Å²) in [5.41, 5.74) is 0. The lowest BCUT2D eigenvalue weighted by Gasteiger charge is -2.12. The van der Waals surface area contributed by atoms with Crippen LogP contribution in [0.2, 0.25) is 10.0 Å². The van der Waals surface area contributed by atoms with E-state index in [1.165, 1.54) is 54.6 Å². The van der Waals surface area contributed by atoms with Gasteiger partial charge in [-0.25, -0.2) is 8.42 Å². The van der Waals surface area contributed by atoms with E-state index in [1.807, 2.05) is 0 Å². The molecule has 0 fully saturated rings. The molecule has 0 bridgehead atoms. The zero-order valence-electron chi connectivity index (χ0n) is 16.1. The van der Waals surface area contributed by atoms with Gasteiger partial charge in [0.15, 0.2) is 0 Å². The minimum Gasteiger partial charge on any atom is -0.457 e. The summed E-state index contributed by atoms with van der Waals surface area (Å²) in [7, 11) is -8.32. The zero-order chi connectivity index (χ0) is 23.1. The van der Waals surface area contributed by atoms with Crippen LogP contribution in [0, 0.1) is 0 Å². The van der Waals surface area contributed by atoms with E-state index in [0.29, 0.717) is 22.3 Å². The first-order valence-corrected chi connectivity index (χ1v) is 12.7. The number of benzene rings is 4. The van der Waals surface area contributed by atoms with Crippen LogP contribution in [-0.4, -0.2) is 21.4 Å². The predicted molar refractivity (Wildman–Crippen MR) is 122 cm³/mol. The number of halogens is 2. The van der Waals surface area contributed by atoms with Crippen molar-refractivity contribution in [3.05, 3.63) is 88.9 Å². The summed E-state index contributed by atoms with van der Waals surface area (Å²) < 4.78 is 64.5. The van der Waals surface area contributed by atoms with E-state index in [-0.39, 0.29) is 24.7 Å². The maximum absolute atomic E-state index is 12.9. The van der Waals surface area contributed by atoms with E-state index in [9.17, 15) is 21.4 Å². The average Bonchev–Trinajstić information content (AvgIpc) is 2.75. The van der Waals surface area contributed by atoms with Gasteiger partial charge in [0.1, 0.15) is 16.4 Å². The number of sulfone groups is 1. The fraction of sp³-hybridized carbons (Fsp3) is 0. The van der Waals surface area contributed by atoms with Crippen LogP contribution in [0.15, 0.2) is 93.5 Å². The highest BCUT2D eigenvalue weighted by Crippen LogP contribution is 2.35. The fourth-order valence-corrected chi connectivity index (χ4v) is 5.91. The summed E-state index contributed by atoms with van der Waals surface area (Å²) >= 11 is 12.0. The molecule has 4 aromatic carbocycles. The van der Waals surface area contributed by atoms with Gasteiger partial charge < -0.3 is 4.74 Å². The van der Waals surface area contributed by atoms with Crippen LogP contribution in [0.5, 0.6) is 11.5 Å². The van der Waals surface area contributed by atoms with Gasteiger partial charge in [0.2, 0.25) is 9.84 Å². The van der Waals surface area contributed by atoms with Gasteiger partial charge in [0, 0.05) is 15.8 Å². The van der Waals surface area contributed by atoms with Gasteiger partial charge in [-0.3, -0.25) is 4.55 Å². The van der Waals surface area contributed by atoms with E-state index in [0.717, 1.165) is 0 Å². The van der Waals surface area contributed by atoms with Gasteiger partial charge in [-0.05, 0) is 54.6 Å². The first-order chi connectivity index (χ1) is 15.1. The van der Waals surface area contributed by atoms with E-state index in [1.54, 1.807) is 24.3 Å². The Labute approximate surface area is 194 Å². The molecule has 0 aliphatic rings. The molecular weight excluding hydrogens is 495 g/mol. The Morgan fingerprint density at radius 1 is 0.719 bits per heavy atom. The highest BCUT2D eigenvalue weighted by Gasteiger charge is 2.21. The summed E-state index contributed by atoms with van der Waals surface area (Å²) in [4.78, 5) is -0.340. The monoisotopic (exact) mass is 508 g/mol. The number of rotatable bonds is 5. The van der Waals surface area contributed by atoms with Crippen LogP contribution < -0.4 is 4.74 Å². The van der Waals surface area contributed by atoms with Gasteiger partial charge in [-0.15, -0.1) is 0 Å². The molecular formula is C22H14Cl2O6S2. The van der Waals surface area contributed by atoms with Gasteiger partial charge in [-0.1, -0.05) is 47.5 Å². The van der Waals surface area contributed by atoms with Crippen molar-refractivity contribution in [2.24, 2.45) is 0 Å². The van der Waals surface area contributed by atoms with E-state index >= 15 is 0 Å². The molecule has 0 saturated heterocycles. The minimum atomic E-state index is -4.42. The highest BCUT2D eigenvalue weighted by molar-refractivity contribution is 7.91. The summed E-state index contributed by atoms with van der Waals surface area (Å²) in [5.74, 6) is 0.660. The van der Waals surface area contributed by atoms with Crippen LogP contribution in [0.25, 0.3) is 10.8 Å². The smallest absolute Gasteiger partial charge is 0.295 e. The van der Waals surface area contributed by atoms with Crippen LogP contribution in [0.4, 0.5) is 0 Å². The summed E-state index contributed by atoms with van der Waals surface area (Å²) in [6.45, 7) is 0. The van der Waals surface area contributed by atoms with Gasteiger partial charge >= 0.3 is 0 Å². The van der Waals surface area contributed by atoms with Gasteiger partial charge in [0.25, 0.3) is 10.1 Å². The Kier molecular flexibility index (Phi) is 5.91. The van der Waals surface area contributed by atoms with Crippen molar-refractivity contribution < 1.29 is 26.1 Å². The molecule has 0 aliphatic carbocycles. The number of hydrogen-bond donors (Lipinski definition) is 1. The normalized spacial score (nSPS) is 12.1. The predicted octanol–water partition coefficient (Wildman–Crippen LogP) is 6.02. The van der Waals surface area contributed by atoms with E-state index in [2.05, 4.69) is 0 Å². The minimum absolute atomic E-state index is 0.000552. The Balaban J connectivity index is 1.70. The van der Waals surface area contributed by atoms with Gasteiger partial charge in [0.05, 0.1) is 14.8 Å². The molecule has 0 spiro atoms. The average molecular weight is 509 g/mol. The topological polar surface area (TPSA) is 97.7 Å². The van der Waals surface area contributed by atoms with Crippen LogP contribution in [0.1, 0.15) is 0 Å². The molecule has 0 heterocycles. The first kappa shape index (κ1) is 22.6. The lowest BCUT2D eigenvalue weighted by molar-refractivity contribution is 0.484. The Morgan fingerprint density at radius 2 is 1.38 bits per heavy atom. The van der Waals surface area contributed by atoms with Crippen LogP contribution in [-0.2, 0) is 20.0 Å². The van der Waals surface area contributed by atoms with Crippen LogP contribution in [0.3, 0.4) is 0 Å². The standard InChI is InChI=1S/C22H14Cl2O6S2/c23-14-7-12-19(24)22(13-14)31(25,26)16-10-8-15(9-11-16)30-20-5-1-4-18-17(20)3-2-6-21(18)32(27,28)29/h1-13H,(H,27,28,29). The van der Waals surface area contributed by atoms with E-state index in [4.69, 9.17) is 27.9 Å². The zero-order valence-corrected chi connectivity index (χ0v) is 19.2. The molecule has 6 nitrogen and oxygen atoms in total. The summed E-state index contributed by atoms with van der Waals surface area (Å²) in [5, 5.41) is 1.06. The fourth-order valence-electron chi connectivity index (χ4n) is 3.19. The number of fused-ring (bicyclic) bond motifs is 1. The molecule has 10 heteroatoms. The molecule has 0 unspecified atom stereocenters. The molecule has 4 aromatic rings. The first-order valence-electron chi connectivity index (χ1n) is 9.05. The maximum Gasteiger partial charge on any atom is 0.295 e. The van der Waals surface area contributed by atoms with E-state index < -0.39 is 20.0 Å². The van der Waals surface area contributed by atoms with Crippen molar-refractivity contribution in [1.82, 2.24) is 0 Å². The van der Waals surface area contributed by atoms with Crippen molar-refractivity contribution in [3.63, 3.8) is 0 Å². The second kappa shape index (κ2) is 8.38. The quantitative estimate of drug-likeness (QED) is 0.331. The second-order valence-electron chi connectivity index (χ2n) is 6.73. The molecule has 32 heavy (non-hydrogen) atoms. The summed E-state index contributed by atoms with van der Waals surface area (Å²) in [6, 6.07) is 19.1. The summed E-state index contributed by atoms with van der Waals surface area (Å²) in [6.07, 6.45) is 0. The maximum atomic E-state index is 12.9. The molecule has 164 valence electrons. The largest absolute Gasteiger partial charge is 0.457 e. The lowest BCUT2D eigenvalue weighted by atomic mass is 10.1. The molecule has 0 atom stereocenters. The lowest BCUT2D eigenvalue weighted by Crippen LogP contribution is -2.03. The molecule has 1 N–H and O–H groups in total. The SMILES string of the molecule is O=S(=O)(O)c1cccc2c(Oc3ccc(S(=O)(=O)c4cc(Cl)ccc4Cl)cc3)cccc12. The Bertz CT molecular complexity index is 1550.